The highest BCUT2D eigenvalue weighted by Crippen LogP contribution is 2.43. The van der Waals surface area contributed by atoms with Crippen LogP contribution in [-0.4, -0.2) is 43.6 Å². The number of ether oxygens (including phenoxy) is 2. The molecule has 1 fully saturated rings. The Morgan fingerprint density at radius 3 is 2.27 bits per heavy atom. The predicted octanol–water partition coefficient (Wildman–Crippen LogP) is 6.69. The third-order valence-electron chi connectivity index (χ3n) is 7.32. The molecule has 0 aromatic heterocycles. The summed E-state index contributed by atoms with van der Waals surface area (Å²) in [6.45, 7) is 12.4. The predicted molar refractivity (Wildman–Crippen MR) is 159 cm³/mol. The Morgan fingerprint density at radius 2 is 1.68 bits per heavy atom. The lowest BCUT2D eigenvalue weighted by Gasteiger charge is -2.27. The molecule has 1 aliphatic rings. The van der Waals surface area contributed by atoms with Gasteiger partial charge in [-0.25, -0.2) is 0 Å². The fourth-order valence-electron chi connectivity index (χ4n) is 5.22. The van der Waals surface area contributed by atoms with Crippen molar-refractivity contribution in [2.24, 2.45) is 0 Å². The summed E-state index contributed by atoms with van der Waals surface area (Å²) in [6, 6.07) is 19.4. The lowest BCUT2D eigenvalue weighted by Crippen LogP contribution is -2.29. The van der Waals surface area contributed by atoms with E-state index in [1.54, 1.807) is 43.5 Å². The van der Waals surface area contributed by atoms with Gasteiger partial charge in [-0.05, 0) is 80.3 Å². The molecule has 4 rings (SSSR count). The summed E-state index contributed by atoms with van der Waals surface area (Å²) in [5, 5.41) is 11.7. The first-order valence-corrected chi connectivity index (χ1v) is 13.8. The molecule has 7 heteroatoms. The minimum Gasteiger partial charge on any atom is -0.507 e. The Kier molecular flexibility index (Phi) is 8.83. The second-order valence-corrected chi connectivity index (χ2v) is 9.97. The zero-order chi connectivity index (χ0) is 29.0. The van der Waals surface area contributed by atoms with Crippen LogP contribution in [0.1, 0.15) is 63.3 Å². The lowest BCUT2D eigenvalue weighted by atomic mass is 9.93. The van der Waals surface area contributed by atoms with E-state index in [4.69, 9.17) is 9.47 Å². The second kappa shape index (κ2) is 12.3. The van der Waals surface area contributed by atoms with Crippen LogP contribution >= 0.6 is 0 Å². The number of methoxy groups -OCH3 is 1. The minimum absolute atomic E-state index is 0.0438. The number of benzene rings is 3. The van der Waals surface area contributed by atoms with Crippen molar-refractivity contribution in [3.05, 3.63) is 89.0 Å². The molecule has 0 saturated carbocycles. The van der Waals surface area contributed by atoms with Gasteiger partial charge in [0.25, 0.3) is 11.7 Å². The Balaban J connectivity index is 1.92. The standard InChI is InChI=1S/C33H38N2O5/c1-7-34(8-2)24-16-13-22(14-17-24)30-29(31(36)23-15-18-28(40-9-3)27(19-23)21(4)5)32(37)33(38)35(30)25-11-10-12-26(20-25)39-6/h10-21,30,36H,7-9H2,1-6H3/b31-29-. The number of hydrogen-bond donors (Lipinski definition) is 1. The van der Waals surface area contributed by atoms with Crippen LogP contribution in [0.5, 0.6) is 11.5 Å². The van der Waals surface area contributed by atoms with E-state index < -0.39 is 17.7 Å². The third-order valence-corrected chi connectivity index (χ3v) is 7.32. The van der Waals surface area contributed by atoms with Crippen LogP contribution < -0.4 is 19.3 Å². The van der Waals surface area contributed by atoms with Gasteiger partial charge in [-0.1, -0.05) is 32.0 Å². The molecule has 210 valence electrons. The van der Waals surface area contributed by atoms with E-state index in [2.05, 4.69) is 18.7 Å². The van der Waals surface area contributed by atoms with Gasteiger partial charge in [0.1, 0.15) is 17.3 Å². The fourth-order valence-corrected chi connectivity index (χ4v) is 5.22. The van der Waals surface area contributed by atoms with E-state index in [1.807, 2.05) is 51.1 Å². The Hall–Kier alpha value is -4.26. The number of hydrogen-bond acceptors (Lipinski definition) is 6. The molecule has 1 N–H and O–H groups in total. The number of carbonyl (C=O) groups excluding carboxylic acids is 2. The van der Waals surface area contributed by atoms with E-state index in [0.29, 0.717) is 23.6 Å². The van der Waals surface area contributed by atoms with Gasteiger partial charge in [0.2, 0.25) is 0 Å². The average molecular weight is 543 g/mol. The molecule has 3 aromatic rings. The van der Waals surface area contributed by atoms with Crippen LogP contribution in [0, 0.1) is 0 Å². The van der Waals surface area contributed by atoms with Gasteiger partial charge in [0.15, 0.2) is 0 Å². The van der Waals surface area contributed by atoms with Gasteiger partial charge in [-0.2, -0.15) is 0 Å². The van der Waals surface area contributed by atoms with Crippen molar-refractivity contribution in [2.45, 2.75) is 46.6 Å². The van der Waals surface area contributed by atoms with Crippen LogP contribution in [0.25, 0.3) is 5.76 Å². The molecule has 1 saturated heterocycles. The van der Waals surface area contributed by atoms with Crippen molar-refractivity contribution in [3.8, 4) is 11.5 Å². The minimum atomic E-state index is -0.827. The number of nitrogens with zero attached hydrogens (tertiary/aromatic N) is 2. The SMILES string of the molecule is CCOc1ccc(/C(O)=C2/C(=O)C(=O)N(c3cccc(OC)c3)C2c2ccc(N(CC)CC)cc2)cc1C(C)C. The number of aliphatic hydroxyl groups is 1. The van der Waals surface area contributed by atoms with Gasteiger partial charge >= 0.3 is 0 Å². The number of anilines is 2. The highest BCUT2D eigenvalue weighted by molar-refractivity contribution is 6.51. The molecule has 3 aromatic carbocycles. The lowest BCUT2D eigenvalue weighted by molar-refractivity contribution is -0.132. The van der Waals surface area contributed by atoms with Crippen molar-refractivity contribution >= 4 is 28.8 Å². The zero-order valence-electron chi connectivity index (χ0n) is 24.1. The molecule has 1 atom stereocenters. The first-order valence-electron chi connectivity index (χ1n) is 13.8. The Bertz CT molecular complexity index is 1410. The Labute approximate surface area is 236 Å². The Morgan fingerprint density at radius 1 is 0.975 bits per heavy atom. The molecule has 0 aliphatic carbocycles. The number of ketones is 1. The molecule has 40 heavy (non-hydrogen) atoms. The zero-order valence-corrected chi connectivity index (χ0v) is 24.1. The molecular weight excluding hydrogens is 504 g/mol. The maximum Gasteiger partial charge on any atom is 0.300 e. The fraction of sp³-hybridized carbons (Fsp3) is 0.333. The van der Waals surface area contributed by atoms with Crippen molar-refractivity contribution < 1.29 is 24.2 Å². The monoisotopic (exact) mass is 542 g/mol. The largest absolute Gasteiger partial charge is 0.507 e. The third kappa shape index (κ3) is 5.41. The number of aliphatic hydroxyl groups excluding tert-OH is 1. The van der Waals surface area contributed by atoms with Crippen LogP contribution in [0.3, 0.4) is 0 Å². The highest BCUT2D eigenvalue weighted by atomic mass is 16.5. The molecule has 7 nitrogen and oxygen atoms in total. The maximum atomic E-state index is 13.6. The van der Waals surface area contributed by atoms with Gasteiger partial charge < -0.3 is 19.5 Å². The van der Waals surface area contributed by atoms with E-state index in [-0.39, 0.29) is 17.3 Å². The summed E-state index contributed by atoms with van der Waals surface area (Å²) < 4.78 is 11.2. The van der Waals surface area contributed by atoms with E-state index in [9.17, 15) is 14.7 Å². The van der Waals surface area contributed by atoms with Gasteiger partial charge in [-0.15, -0.1) is 0 Å². The summed E-state index contributed by atoms with van der Waals surface area (Å²) >= 11 is 0. The first kappa shape index (κ1) is 28.7. The maximum absolute atomic E-state index is 13.6. The van der Waals surface area contributed by atoms with Crippen molar-refractivity contribution in [2.75, 3.05) is 36.6 Å². The summed E-state index contributed by atoms with van der Waals surface area (Å²) in [4.78, 5) is 30.9. The molecule has 1 unspecified atom stereocenters. The van der Waals surface area contributed by atoms with Crippen LogP contribution in [0.4, 0.5) is 11.4 Å². The molecule has 1 heterocycles. The van der Waals surface area contributed by atoms with Crippen LogP contribution in [0.2, 0.25) is 0 Å². The highest BCUT2D eigenvalue weighted by Gasteiger charge is 2.47. The molecule has 0 radical (unpaired) electrons. The normalized spacial score (nSPS) is 16.5. The average Bonchev–Trinajstić information content (AvgIpc) is 3.23. The first-order chi connectivity index (χ1) is 19.2. The van der Waals surface area contributed by atoms with Crippen molar-refractivity contribution in [1.29, 1.82) is 0 Å². The second-order valence-electron chi connectivity index (χ2n) is 9.97. The van der Waals surface area contributed by atoms with Gasteiger partial charge in [0, 0.05) is 36.1 Å². The topological polar surface area (TPSA) is 79.3 Å². The summed E-state index contributed by atoms with van der Waals surface area (Å²) in [7, 11) is 1.55. The smallest absolute Gasteiger partial charge is 0.300 e. The van der Waals surface area contributed by atoms with E-state index >= 15 is 0 Å². The molecule has 1 aliphatic heterocycles. The number of Topliss-reactive ketones (excluding diaryl/α,β-unsaturated/α-hetero) is 1. The number of carbonyl (C=O) groups is 2. The van der Waals surface area contributed by atoms with E-state index in [0.717, 1.165) is 35.7 Å². The number of amides is 1. The van der Waals surface area contributed by atoms with Gasteiger partial charge in [0.05, 0.1) is 25.3 Å². The van der Waals surface area contributed by atoms with Crippen LogP contribution in [-0.2, 0) is 9.59 Å². The van der Waals surface area contributed by atoms with Crippen molar-refractivity contribution in [3.63, 3.8) is 0 Å². The molecule has 0 spiro atoms. The summed E-state index contributed by atoms with van der Waals surface area (Å²) in [6.07, 6.45) is 0. The summed E-state index contributed by atoms with van der Waals surface area (Å²) in [5.41, 5.74) is 3.68. The molecule has 0 bridgehead atoms. The van der Waals surface area contributed by atoms with Gasteiger partial charge in [-0.3, -0.25) is 14.5 Å². The quantitative estimate of drug-likeness (QED) is 0.175. The molecular formula is C33H38N2O5. The molecule has 1 amide bonds. The van der Waals surface area contributed by atoms with E-state index in [1.165, 1.54) is 4.90 Å². The van der Waals surface area contributed by atoms with Crippen molar-refractivity contribution in [1.82, 2.24) is 0 Å². The summed E-state index contributed by atoms with van der Waals surface area (Å²) in [5.74, 6) is -0.248. The number of rotatable bonds is 10. The van der Waals surface area contributed by atoms with Crippen LogP contribution in [0.15, 0.2) is 72.3 Å².